The minimum Gasteiger partial charge on any atom is -0.383 e. The molecule has 0 radical (unpaired) electrons. The van der Waals surface area contributed by atoms with E-state index < -0.39 is 0 Å². The second kappa shape index (κ2) is 10.3. The van der Waals surface area contributed by atoms with Crippen LogP contribution in [0.4, 0.5) is 10.1 Å². The predicted molar refractivity (Wildman–Crippen MR) is 127 cm³/mol. The number of ether oxygens (including phenoxy) is 1. The SMILES string of the molecule is COC[C@@H](C)NC1CCC(Cc2cc(-c3cncc(NCC4(C)CC4)c3)c(F)cn2)CC1. The summed E-state index contributed by atoms with van der Waals surface area (Å²) in [6, 6.07) is 4.86. The van der Waals surface area contributed by atoms with Crippen LogP contribution in [0.5, 0.6) is 0 Å². The molecule has 2 fully saturated rings. The second-order valence-corrected chi connectivity index (χ2v) is 10.2. The van der Waals surface area contributed by atoms with Crippen molar-refractivity contribution in [1.82, 2.24) is 15.3 Å². The maximum absolute atomic E-state index is 14.7. The fraction of sp³-hybridized carbons (Fsp3) is 0.615. The lowest BCUT2D eigenvalue weighted by Gasteiger charge is -2.31. The first-order valence-electron chi connectivity index (χ1n) is 12.0. The van der Waals surface area contributed by atoms with Crippen molar-refractivity contribution in [3.8, 4) is 11.1 Å². The first-order chi connectivity index (χ1) is 15.4. The van der Waals surface area contributed by atoms with Crippen molar-refractivity contribution < 1.29 is 9.13 Å². The molecule has 2 aliphatic carbocycles. The fourth-order valence-electron chi connectivity index (χ4n) is 4.73. The van der Waals surface area contributed by atoms with E-state index in [9.17, 15) is 4.39 Å². The van der Waals surface area contributed by atoms with Gasteiger partial charge in [-0.25, -0.2) is 4.39 Å². The van der Waals surface area contributed by atoms with Crippen molar-refractivity contribution in [3.05, 3.63) is 42.2 Å². The Morgan fingerprint density at radius 1 is 1.16 bits per heavy atom. The van der Waals surface area contributed by atoms with Gasteiger partial charge in [-0.2, -0.15) is 0 Å². The first kappa shape index (κ1) is 23.1. The molecule has 32 heavy (non-hydrogen) atoms. The Labute approximate surface area is 191 Å². The Kier molecular flexibility index (Phi) is 7.41. The van der Waals surface area contributed by atoms with Crippen molar-refractivity contribution in [2.45, 2.75) is 70.9 Å². The summed E-state index contributed by atoms with van der Waals surface area (Å²) in [6.45, 7) is 6.14. The summed E-state index contributed by atoms with van der Waals surface area (Å²) in [5.74, 6) is 0.309. The van der Waals surface area contributed by atoms with Crippen LogP contribution in [-0.2, 0) is 11.2 Å². The van der Waals surface area contributed by atoms with E-state index >= 15 is 0 Å². The van der Waals surface area contributed by atoms with Crippen molar-refractivity contribution in [2.75, 3.05) is 25.6 Å². The van der Waals surface area contributed by atoms with Crippen LogP contribution < -0.4 is 10.6 Å². The Morgan fingerprint density at radius 3 is 2.66 bits per heavy atom. The van der Waals surface area contributed by atoms with Gasteiger partial charge in [-0.3, -0.25) is 9.97 Å². The minimum atomic E-state index is -0.290. The van der Waals surface area contributed by atoms with E-state index in [0.717, 1.165) is 36.5 Å². The average molecular weight is 441 g/mol. The smallest absolute Gasteiger partial charge is 0.149 e. The molecule has 2 heterocycles. The molecule has 2 aromatic heterocycles. The number of nitrogens with one attached hydrogen (secondary N) is 2. The van der Waals surface area contributed by atoms with Gasteiger partial charge in [0.2, 0.25) is 0 Å². The van der Waals surface area contributed by atoms with Gasteiger partial charge in [-0.05, 0) is 75.3 Å². The highest BCUT2D eigenvalue weighted by atomic mass is 19.1. The summed E-state index contributed by atoms with van der Waals surface area (Å²) < 4.78 is 19.9. The van der Waals surface area contributed by atoms with E-state index in [0.29, 0.717) is 29.0 Å². The lowest BCUT2D eigenvalue weighted by molar-refractivity contribution is 0.158. The third-order valence-electron chi connectivity index (χ3n) is 7.07. The summed E-state index contributed by atoms with van der Waals surface area (Å²) in [4.78, 5) is 8.75. The zero-order valence-corrected chi connectivity index (χ0v) is 19.7. The zero-order valence-electron chi connectivity index (χ0n) is 19.7. The van der Waals surface area contributed by atoms with Crippen LogP contribution in [0, 0.1) is 17.2 Å². The molecule has 2 saturated carbocycles. The molecule has 0 aliphatic heterocycles. The summed E-state index contributed by atoms with van der Waals surface area (Å²) in [5, 5.41) is 7.14. The first-order valence-corrected chi connectivity index (χ1v) is 12.0. The van der Waals surface area contributed by atoms with E-state index in [2.05, 4.69) is 34.4 Å². The van der Waals surface area contributed by atoms with Gasteiger partial charge < -0.3 is 15.4 Å². The molecule has 6 heteroatoms. The number of pyridine rings is 2. The summed E-state index contributed by atoms with van der Waals surface area (Å²) in [6.07, 6.45) is 13.0. The van der Waals surface area contributed by atoms with E-state index in [1.54, 1.807) is 13.3 Å². The lowest BCUT2D eigenvalue weighted by atomic mass is 9.83. The lowest BCUT2D eigenvalue weighted by Crippen LogP contribution is -2.41. The van der Waals surface area contributed by atoms with E-state index in [-0.39, 0.29) is 5.82 Å². The van der Waals surface area contributed by atoms with E-state index in [1.807, 2.05) is 18.3 Å². The van der Waals surface area contributed by atoms with Gasteiger partial charge in [-0.1, -0.05) is 6.92 Å². The number of halogens is 1. The van der Waals surface area contributed by atoms with Crippen LogP contribution in [0.15, 0.2) is 30.7 Å². The molecule has 4 rings (SSSR count). The number of aromatic nitrogens is 2. The topological polar surface area (TPSA) is 59.1 Å². The molecule has 5 nitrogen and oxygen atoms in total. The minimum absolute atomic E-state index is 0.290. The maximum atomic E-state index is 14.7. The standard InChI is InChI=1S/C26H37FN4O/c1-18(16-32-3)31-21-6-4-19(5-7-21)10-22-12-24(25(27)15-29-22)20-11-23(14-28-13-20)30-17-26(2)8-9-26/h11-15,18-19,21,30-31H,4-10,16-17H2,1-3H3/t18-,19?,21?/m1/s1. The molecular weight excluding hydrogens is 403 g/mol. The van der Waals surface area contributed by atoms with Crippen LogP contribution in [0.2, 0.25) is 0 Å². The van der Waals surface area contributed by atoms with Crippen LogP contribution in [-0.4, -0.2) is 42.3 Å². The fourth-order valence-corrected chi connectivity index (χ4v) is 4.73. The number of hydrogen-bond donors (Lipinski definition) is 2. The van der Waals surface area contributed by atoms with Gasteiger partial charge in [0.05, 0.1) is 18.5 Å². The molecule has 0 aromatic carbocycles. The number of rotatable bonds is 10. The third kappa shape index (κ3) is 6.26. The molecule has 2 N–H and O–H groups in total. The largest absolute Gasteiger partial charge is 0.383 e. The van der Waals surface area contributed by atoms with Crippen molar-refractivity contribution >= 4 is 5.69 Å². The molecule has 0 bridgehead atoms. The van der Waals surface area contributed by atoms with Crippen LogP contribution in [0.1, 0.15) is 58.1 Å². The molecular formula is C26H37FN4O. The molecule has 2 aromatic rings. The number of anilines is 1. The van der Waals surface area contributed by atoms with Gasteiger partial charge in [0.15, 0.2) is 0 Å². The second-order valence-electron chi connectivity index (χ2n) is 10.2. The van der Waals surface area contributed by atoms with Crippen molar-refractivity contribution in [2.24, 2.45) is 11.3 Å². The van der Waals surface area contributed by atoms with E-state index in [1.165, 1.54) is 44.7 Å². The molecule has 1 atom stereocenters. The van der Waals surface area contributed by atoms with Gasteiger partial charge in [0, 0.05) is 55.0 Å². The summed E-state index contributed by atoms with van der Waals surface area (Å²) >= 11 is 0. The average Bonchev–Trinajstić information content (AvgIpc) is 3.53. The highest BCUT2D eigenvalue weighted by Gasteiger charge is 2.36. The summed E-state index contributed by atoms with van der Waals surface area (Å²) in [5.41, 5.74) is 3.71. The molecule has 2 aliphatic rings. The molecule has 174 valence electrons. The van der Waals surface area contributed by atoms with Crippen LogP contribution in [0.25, 0.3) is 11.1 Å². The Bertz CT molecular complexity index is 893. The molecule has 0 spiro atoms. The Balaban J connectivity index is 1.36. The predicted octanol–water partition coefficient (Wildman–Crippen LogP) is 5.22. The molecule has 0 saturated heterocycles. The van der Waals surface area contributed by atoms with Gasteiger partial charge in [0.25, 0.3) is 0 Å². The zero-order chi connectivity index (χ0) is 22.6. The van der Waals surface area contributed by atoms with Crippen molar-refractivity contribution in [1.29, 1.82) is 0 Å². The summed E-state index contributed by atoms with van der Waals surface area (Å²) in [7, 11) is 1.75. The number of nitrogens with zero attached hydrogens (tertiary/aromatic N) is 2. The highest BCUT2D eigenvalue weighted by Crippen LogP contribution is 2.44. The highest BCUT2D eigenvalue weighted by molar-refractivity contribution is 5.67. The third-order valence-corrected chi connectivity index (χ3v) is 7.07. The number of methoxy groups -OCH3 is 1. The van der Waals surface area contributed by atoms with Crippen LogP contribution >= 0.6 is 0 Å². The normalized spacial score (nSPS) is 23.0. The molecule has 0 unspecified atom stereocenters. The van der Waals surface area contributed by atoms with Crippen molar-refractivity contribution in [3.63, 3.8) is 0 Å². The quantitative estimate of drug-likeness (QED) is 0.530. The Hall–Kier alpha value is -2.05. The van der Waals surface area contributed by atoms with Gasteiger partial charge in [-0.15, -0.1) is 0 Å². The Morgan fingerprint density at radius 2 is 1.94 bits per heavy atom. The number of hydrogen-bond acceptors (Lipinski definition) is 5. The van der Waals surface area contributed by atoms with E-state index in [4.69, 9.17) is 4.74 Å². The van der Waals surface area contributed by atoms with Gasteiger partial charge >= 0.3 is 0 Å². The molecule has 0 amide bonds. The van der Waals surface area contributed by atoms with Crippen LogP contribution in [0.3, 0.4) is 0 Å². The monoisotopic (exact) mass is 440 g/mol. The van der Waals surface area contributed by atoms with Gasteiger partial charge in [0.1, 0.15) is 5.82 Å². The maximum Gasteiger partial charge on any atom is 0.149 e.